The molecule has 0 radical (unpaired) electrons. The van der Waals surface area contributed by atoms with E-state index in [0.29, 0.717) is 0 Å². The molecule has 4 nitrogen and oxygen atoms in total. The summed E-state index contributed by atoms with van der Waals surface area (Å²) in [5.41, 5.74) is 4.87. The molecule has 3 rings (SSSR count). The number of hydrogen-bond acceptors (Lipinski definition) is 4. The number of nitrogens with zero attached hydrogens (tertiary/aromatic N) is 2. The first-order chi connectivity index (χ1) is 11.3. The summed E-state index contributed by atoms with van der Waals surface area (Å²) in [6.45, 7) is 3.75. The lowest BCUT2D eigenvalue weighted by atomic mass is 9.96. The van der Waals surface area contributed by atoms with Crippen molar-refractivity contribution in [1.29, 1.82) is 0 Å². The van der Waals surface area contributed by atoms with Crippen LogP contribution in [0.1, 0.15) is 36.1 Å². The van der Waals surface area contributed by atoms with E-state index in [1.54, 1.807) is 7.11 Å². The molecule has 0 bridgehead atoms. The van der Waals surface area contributed by atoms with Gasteiger partial charge in [-0.3, -0.25) is 0 Å². The fraction of sp³-hybridized carbons (Fsp3) is 0.474. The Morgan fingerprint density at radius 1 is 1.09 bits per heavy atom. The maximum atomic E-state index is 5.12. The molecule has 1 heterocycles. The van der Waals surface area contributed by atoms with Gasteiger partial charge in [0.1, 0.15) is 5.82 Å². The number of anilines is 1. The van der Waals surface area contributed by atoms with Crippen LogP contribution in [0.4, 0.5) is 5.82 Å². The Kier molecular flexibility index (Phi) is 5.23. The van der Waals surface area contributed by atoms with Gasteiger partial charge < -0.3 is 10.1 Å². The second kappa shape index (κ2) is 7.55. The van der Waals surface area contributed by atoms with Crippen molar-refractivity contribution in [3.05, 3.63) is 41.1 Å². The van der Waals surface area contributed by atoms with Crippen LogP contribution in [-0.2, 0) is 17.6 Å². The summed E-state index contributed by atoms with van der Waals surface area (Å²) in [7, 11) is 1.74. The largest absolute Gasteiger partial charge is 0.385 e. The molecule has 0 aliphatic heterocycles. The highest BCUT2D eigenvalue weighted by molar-refractivity contribution is 5.60. The van der Waals surface area contributed by atoms with E-state index in [9.17, 15) is 0 Å². The van der Waals surface area contributed by atoms with E-state index in [-0.39, 0.29) is 0 Å². The van der Waals surface area contributed by atoms with Crippen molar-refractivity contribution in [3.8, 4) is 11.4 Å². The van der Waals surface area contributed by atoms with Crippen molar-refractivity contribution in [2.75, 3.05) is 25.6 Å². The molecule has 1 aliphatic carbocycles. The summed E-state index contributed by atoms with van der Waals surface area (Å²) in [6, 6.07) is 8.44. The van der Waals surface area contributed by atoms with Gasteiger partial charge in [-0.2, -0.15) is 0 Å². The Bertz CT molecular complexity index is 652. The maximum Gasteiger partial charge on any atom is 0.161 e. The van der Waals surface area contributed by atoms with Crippen molar-refractivity contribution in [1.82, 2.24) is 9.97 Å². The van der Waals surface area contributed by atoms with Gasteiger partial charge in [-0.05, 0) is 39.0 Å². The first-order valence-electron chi connectivity index (χ1n) is 8.47. The average molecular weight is 311 g/mol. The van der Waals surface area contributed by atoms with E-state index in [1.807, 2.05) is 0 Å². The molecule has 4 heteroatoms. The number of fused-ring (bicyclic) bond motifs is 1. The number of aryl methyl sites for hydroxylation is 2. The highest BCUT2D eigenvalue weighted by Gasteiger charge is 2.18. The highest BCUT2D eigenvalue weighted by atomic mass is 16.5. The second-order valence-corrected chi connectivity index (χ2v) is 6.17. The number of methoxy groups -OCH3 is 1. The van der Waals surface area contributed by atoms with Gasteiger partial charge >= 0.3 is 0 Å². The monoisotopic (exact) mass is 311 g/mol. The minimum Gasteiger partial charge on any atom is -0.385 e. The van der Waals surface area contributed by atoms with Crippen LogP contribution in [-0.4, -0.2) is 30.2 Å². The zero-order valence-electron chi connectivity index (χ0n) is 14.1. The number of rotatable bonds is 6. The molecule has 0 unspecified atom stereocenters. The lowest BCUT2D eigenvalue weighted by Crippen LogP contribution is -2.15. The number of aromatic nitrogens is 2. The van der Waals surface area contributed by atoms with Gasteiger partial charge in [-0.15, -0.1) is 0 Å². The van der Waals surface area contributed by atoms with Gasteiger partial charge in [-0.25, -0.2) is 9.97 Å². The molecule has 1 aliphatic rings. The fourth-order valence-corrected chi connectivity index (χ4v) is 3.00. The predicted molar refractivity (Wildman–Crippen MR) is 93.8 cm³/mol. The smallest absolute Gasteiger partial charge is 0.161 e. The third kappa shape index (κ3) is 3.88. The quantitative estimate of drug-likeness (QED) is 0.825. The van der Waals surface area contributed by atoms with E-state index in [2.05, 4.69) is 36.5 Å². The molecular formula is C19H25N3O. The Morgan fingerprint density at radius 2 is 1.87 bits per heavy atom. The molecular weight excluding hydrogens is 286 g/mol. The molecule has 1 aromatic carbocycles. The lowest BCUT2D eigenvalue weighted by Gasteiger charge is -2.20. The minimum atomic E-state index is 0.769. The van der Waals surface area contributed by atoms with Crippen molar-refractivity contribution in [2.45, 2.75) is 39.0 Å². The molecule has 0 fully saturated rings. The van der Waals surface area contributed by atoms with E-state index >= 15 is 0 Å². The van der Waals surface area contributed by atoms with Crippen LogP contribution < -0.4 is 5.32 Å². The second-order valence-electron chi connectivity index (χ2n) is 6.17. The molecule has 0 saturated carbocycles. The number of benzene rings is 1. The number of nitrogens with one attached hydrogen (secondary N) is 1. The topological polar surface area (TPSA) is 47.0 Å². The van der Waals surface area contributed by atoms with Crippen molar-refractivity contribution in [2.24, 2.45) is 0 Å². The molecule has 1 N–H and O–H groups in total. The Labute approximate surface area is 138 Å². The molecule has 23 heavy (non-hydrogen) atoms. The summed E-state index contributed by atoms with van der Waals surface area (Å²) >= 11 is 0. The van der Waals surface area contributed by atoms with E-state index in [4.69, 9.17) is 14.7 Å². The molecule has 2 aromatic rings. The molecule has 0 atom stereocenters. The molecule has 0 spiro atoms. The molecule has 1 aromatic heterocycles. The Balaban J connectivity index is 1.89. The fourth-order valence-electron chi connectivity index (χ4n) is 3.00. The zero-order valence-corrected chi connectivity index (χ0v) is 14.1. The van der Waals surface area contributed by atoms with Crippen LogP contribution in [0.15, 0.2) is 24.3 Å². The van der Waals surface area contributed by atoms with Crippen molar-refractivity contribution < 1.29 is 4.74 Å². The van der Waals surface area contributed by atoms with Crippen LogP contribution in [0.2, 0.25) is 0 Å². The summed E-state index contributed by atoms with van der Waals surface area (Å²) in [5, 5.41) is 3.50. The molecule has 0 amide bonds. The van der Waals surface area contributed by atoms with E-state index in [1.165, 1.54) is 29.7 Å². The summed E-state index contributed by atoms with van der Waals surface area (Å²) in [5.74, 6) is 1.85. The summed E-state index contributed by atoms with van der Waals surface area (Å²) < 4.78 is 5.12. The van der Waals surface area contributed by atoms with Gasteiger partial charge in [0.15, 0.2) is 5.82 Å². The van der Waals surface area contributed by atoms with Gasteiger partial charge in [0.2, 0.25) is 0 Å². The SMILES string of the molecule is COCCCNc1nc(-c2ccc(C)cc2)nc2c1CCCC2. The standard InChI is InChI=1S/C19H25N3O/c1-14-8-10-15(11-9-14)18-21-17-7-4-3-6-16(17)19(22-18)20-12-5-13-23-2/h8-11H,3-7,12-13H2,1-2H3,(H,20,21,22). The van der Waals surface area contributed by atoms with Crippen LogP contribution in [0, 0.1) is 6.92 Å². The third-order valence-corrected chi connectivity index (χ3v) is 4.31. The average Bonchev–Trinajstić information content (AvgIpc) is 2.59. The third-order valence-electron chi connectivity index (χ3n) is 4.31. The van der Waals surface area contributed by atoms with Crippen LogP contribution in [0.25, 0.3) is 11.4 Å². The van der Waals surface area contributed by atoms with Gasteiger partial charge in [-0.1, -0.05) is 29.8 Å². The van der Waals surface area contributed by atoms with E-state index < -0.39 is 0 Å². The first kappa shape index (κ1) is 15.9. The number of ether oxygens (including phenoxy) is 1. The van der Waals surface area contributed by atoms with Crippen molar-refractivity contribution in [3.63, 3.8) is 0 Å². The van der Waals surface area contributed by atoms with E-state index in [0.717, 1.165) is 49.6 Å². The van der Waals surface area contributed by atoms with Crippen LogP contribution in [0.5, 0.6) is 0 Å². The first-order valence-corrected chi connectivity index (χ1v) is 8.47. The van der Waals surface area contributed by atoms with Crippen molar-refractivity contribution >= 4 is 5.82 Å². The van der Waals surface area contributed by atoms with Gasteiger partial charge in [0.05, 0.1) is 0 Å². The van der Waals surface area contributed by atoms with Gasteiger partial charge in [0, 0.05) is 37.1 Å². The number of hydrogen-bond donors (Lipinski definition) is 1. The summed E-state index contributed by atoms with van der Waals surface area (Å²) in [6.07, 6.45) is 5.57. The minimum absolute atomic E-state index is 0.769. The Morgan fingerprint density at radius 3 is 2.65 bits per heavy atom. The van der Waals surface area contributed by atoms with Crippen LogP contribution in [0.3, 0.4) is 0 Å². The predicted octanol–water partition coefficient (Wildman–Crippen LogP) is 3.78. The Hall–Kier alpha value is -1.94. The lowest BCUT2D eigenvalue weighted by molar-refractivity contribution is 0.197. The zero-order chi connectivity index (χ0) is 16.1. The highest BCUT2D eigenvalue weighted by Crippen LogP contribution is 2.28. The van der Waals surface area contributed by atoms with Gasteiger partial charge in [0.25, 0.3) is 0 Å². The molecule has 122 valence electrons. The van der Waals surface area contributed by atoms with Crippen LogP contribution >= 0.6 is 0 Å². The normalized spacial score (nSPS) is 13.7. The maximum absolute atomic E-state index is 5.12. The molecule has 0 saturated heterocycles. The summed E-state index contributed by atoms with van der Waals surface area (Å²) in [4.78, 5) is 9.66.